The highest BCUT2D eigenvalue weighted by molar-refractivity contribution is 7.14. The average Bonchev–Trinajstić information content (AvgIpc) is 3.32. The number of nitrogens with one attached hydrogen (secondary N) is 1. The molecule has 0 aliphatic heterocycles. The van der Waals surface area contributed by atoms with Crippen LogP contribution in [0.3, 0.4) is 0 Å². The van der Waals surface area contributed by atoms with Gasteiger partial charge in [-0.2, -0.15) is 4.98 Å². The molecule has 0 radical (unpaired) electrons. The number of thiophene rings is 1. The van der Waals surface area contributed by atoms with Crippen LogP contribution in [-0.2, 0) is 0 Å². The number of benzene rings is 2. The molecule has 0 saturated carbocycles. The molecule has 0 unspecified atom stereocenters. The zero-order valence-corrected chi connectivity index (χ0v) is 15.7. The van der Waals surface area contributed by atoms with Crippen LogP contribution >= 0.6 is 11.3 Å². The summed E-state index contributed by atoms with van der Waals surface area (Å²) in [6.45, 7) is 4.01. The number of hydrogen-bond donors (Lipinski definition) is 1. The van der Waals surface area contributed by atoms with Gasteiger partial charge in [0, 0.05) is 11.1 Å². The molecule has 0 aliphatic rings. The number of rotatable bonds is 4. The van der Waals surface area contributed by atoms with Crippen molar-refractivity contribution in [3.63, 3.8) is 0 Å². The van der Waals surface area contributed by atoms with Gasteiger partial charge < -0.3 is 9.84 Å². The quantitative estimate of drug-likeness (QED) is 0.523. The van der Waals surface area contributed by atoms with Crippen molar-refractivity contribution < 1.29 is 9.32 Å². The molecular weight excluding hydrogens is 358 g/mol. The summed E-state index contributed by atoms with van der Waals surface area (Å²) in [4.78, 5) is 17.7. The zero-order chi connectivity index (χ0) is 18.8. The Bertz CT molecular complexity index is 1080. The summed E-state index contributed by atoms with van der Waals surface area (Å²) in [6, 6.07) is 17.2. The largest absolute Gasteiger partial charge is 0.333 e. The van der Waals surface area contributed by atoms with Gasteiger partial charge in [-0.15, -0.1) is 11.3 Å². The van der Waals surface area contributed by atoms with Crippen LogP contribution in [0.5, 0.6) is 0 Å². The van der Waals surface area contributed by atoms with Crippen molar-refractivity contribution in [2.24, 2.45) is 0 Å². The Balaban J connectivity index is 1.58. The topological polar surface area (TPSA) is 68.0 Å². The van der Waals surface area contributed by atoms with Gasteiger partial charge in [-0.05, 0) is 37.4 Å². The molecule has 4 rings (SSSR count). The number of hydrogen-bond acceptors (Lipinski definition) is 5. The summed E-state index contributed by atoms with van der Waals surface area (Å²) in [6.07, 6.45) is 0. The fraction of sp³-hybridized carbons (Fsp3) is 0.0952. The first-order valence-corrected chi connectivity index (χ1v) is 9.35. The monoisotopic (exact) mass is 375 g/mol. The summed E-state index contributed by atoms with van der Waals surface area (Å²) in [7, 11) is 0. The summed E-state index contributed by atoms with van der Waals surface area (Å²) >= 11 is 1.44. The Labute approximate surface area is 160 Å². The lowest BCUT2D eigenvalue weighted by molar-refractivity contribution is 0.102. The van der Waals surface area contributed by atoms with Gasteiger partial charge in [0.05, 0.1) is 5.69 Å². The number of aromatic nitrogens is 2. The van der Waals surface area contributed by atoms with E-state index in [-0.39, 0.29) is 5.91 Å². The van der Waals surface area contributed by atoms with E-state index in [1.165, 1.54) is 16.9 Å². The Kier molecular flexibility index (Phi) is 4.56. The second-order valence-electron chi connectivity index (χ2n) is 6.27. The van der Waals surface area contributed by atoms with Crippen LogP contribution < -0.4 is 5.32 Å². The number of amides is 1. The van der Waals surface area contributed by atoms with Crippen LogP contribution in [0.25, 0.3) is 22.2 Å². The standard InChI is InChI=1S/C21H17N3O2S/c1-13-3-7-15(8-4-13)19-23-21(26-24-19)18-17(11-12-27-18)22-20(25)16-9-5-14(2)6-10-16/h3-12H,1-2H3,(H,22,25). The predicted octanol–water partition coefficient (Wildman–Crippen LogP) is 5.33. The van der Waals surface area contributed by atoms with Gasteiger partial charge in [-0.3, -0.25) is 4.79 Å². The van der Waals surface area contributed by atoms with E-state index in [4.69, 9.17) is 4.52 Å². The van der Waals surface area contributed by atoms with Gasteiger partial charge in [-0.1, -0.05) is 52.7 Å². The lowest BCUT2D eigenvalue weighted by atomic mass is 10.1. The van der Waals surface area contributed by atoms with Gasteiger partial charge in [-0.25, -0.2) is 0 Å². The number of nitrogens with zero attached hydrogens (tertiary/aromatic N) is 2. The van der Waals surface area contributed by atoms with Gasteiger partial charge in [0.15, 0.2) is 0 Å². The molecule has 0 saturated heterocycles. The van der Waals surface area contributed by atoms with Crippen molar-refractivity contribution in [2.75, 3.05) is 5.32 Å². The second-order valence-corrected chi connectivity index (χ2v) is 7.19. The third-order valence-corrected chi connectivity index (χ3v) is 5.06. The van der Waals surface area contributed by atoms with Crippen LogP contribution in [0.1, 0.15) is 21.5 Å². The van der Waals surface area contributed by atoms with Crippen molar-refractivity contribution in [1.29, 1.82) is 0 Å². The van der Waals surface area contributed by atoms with Crippen molar-refractivity contribution in [3.8, 4) is 22.2 Å². The van der Waals surface area contributed by atoms with E-state index in [0.29, 0.717) is 23.0 Å². The maximum Gasteiger partial charge on any atom is 0.270 e. The smallest absolute Gasteiger partial charge is 0.270 e. The normalized spacial score (nSPS) is 10.7. The fourth-order valence-corrected chi connectivity index (χ4v) is 3.38. The molecule has 6 heteroatoms. The fourth-order valence-electron chi connectivity index (χ4n) is 2.61. The molecule has 0 bridgehead atoms. The third-order valence-electron chi connectivity index (χ3n) is 4.16. The molecule has 0 atom stereocenters. The number of aryl methyl sites for hydroxylation is 2. The highest BCUT2D eigenvalue weighted by atomic mass is 32.1. The van der Waals surface area contributed by atoms with Gasteiger partial charge in [0.2, 0.25) is 5.82 Å². The second kappa shape index (κ2) is 7.17. The molecular formula is C21H17N3O2S. The number of carbonyl (C=O) groups is 1. The minimum absolute atomic E-state index is 0.173. The molecule has 2 aromatic heterocycles. The van der Waals surface area contributed by atoms with Gasteiger partial charge in [0.1, 0.15) is 4.88 Å². The molecule has 1 amide bonds. The molecule has 4 aromatic rings. The SMILES string of the molecule is Cc1ccc(C(=O)Nc2ccsc2-c2nc(-c3ccc(C)cc3)no2)cc1. The minimum Gasteiger partial charge on any atom is -0.333 e. The predicted molar refractivity (Wildman–Crippen MR) is 107 cm³/mol. The highest BCUT2D eigenvalue weighted by Crippen LogP contribution is 2.34. The highest BCUT2D eigenvalue weighted by Gasteiger charge is 2.17. The van der Waals surface area contributed by atoms with Crippen LogP contribution in [0.4, 0.5) is 5.69 Å². The van der Waals surface area contributed by atoms with Crippen LogP contribution in [0, 0.1) is 13.8 Å². The molecule has 0 aliphatic carbocycles. The lowest BCUT2D eigenvalue weighted by Gasteiger charge is -2.05. The van der Waals surface area contributed by atoms with Gasteiger partial charge >= 0.3 is 0 Å². The van der Waals surface area contributed by atoms with E-state index in [1.54, 1.807) is 12.1 Å². The summed E-state index contributed by atoms with van der Waals surface area (Å²) in [5.41, 5.74) is 4.42. The van der Waals surface area contributed by atoms with Crippen molar-refractivity contribution in [1.82, 2.24) is 10.1 Å². The van der Waals surface area contributed by atoms with E-state index in [1.807, 2.05) is 61.7 Å². The first kappa shape index (κ1) is 17.2. The van der Waals surface area contributed by atoms with E-state index in [2.05, 4.69) is 15.5 Å². The summed E-state index contributed by atoms with van der Waals surface area (Å²) < 4.78 is 5.44. The first-order chi connectivity index (χ1) is 13.1. The molecule has 27 heavy (non-hydrogen) atoms. The van der Waals surface area contributed by atoms with Crippen LogP contribution in [0.2, 0.25) is 0 Å². The van der Waals surface area contributed by atoms with E-state index in [9.17, 15) is 4.79 Å². The number of anilines is 1. The number of carbonyl (C=O) groups excluding carboxylic acids is 1. The Morgan fingerprint density at radius 3 is 2.33 bits per heavy atom. The zero-order valence-electron chi connectivity index (χ0n) is 14.9. The Hall–Kier alpha value is -3.25. The van der Waals surface area contributed by atoms with E-state index in [0.717, 1.165) is 16.0 Å². The molecule has 2 aromatic carbocycles. The van der Waals surface area contributed by atoms with Crippen molar-refractivity contribution in [3.05, 3.63) is 76.7 Å². The Morgan fingerprint density at radius 1 is 0.963 bits per heavy atom. The maximum atomic E-state index is 12.5. The van der Waals surface area contributed by atoms with Crippen molar-refractivity contribution >= 4 is 22.9 Å². The third kappa shape index (κ3) is 3.66. The molecule has 1 N–H and O–H groups in total. The maximum absolute atomic E-state index is 12.5. The minimum atomic E-state index is -0.173. The summed E-state index contributed by atoms with van der Waals surface area (Å²) in [5, 5.41) is 8.88. The summed E-state index contributed by atoms with van der Waals surface area (Å²) in [5.74, 6) is 0.738. The molecule has 0 fully saturated rings. The van der Waals surface area contributed by atoms with E-state index >= 15 is 0 Å². The Morgan fingerprint density at radius 2 is 1.63 bits per heavy atom. The lowest BCUT2D eigenvalue weighted by Crippen LogP contribution is -2.11. The van der Waals surface area contributed by atoms with Crippen LogP contribution in [-0.4, -0.2) is 16.0 Å². The molecule has 134 valence electrons. The van der Waals surface area contributed by atoms with Gasteiger partial charge in [0.25, 0.3) is 11.8 Å². The van der Waals surface area contributed by atoms with Crippen LogP contribution in [0.15, 0.2) is 64.5 Å². The average molecular weight is 375 g/mol. The van der Waals surface area contributed by atoms with E-state index < -0.39 is 0 Å². The molecule has 5 nitrogen and oxygen atoms in total. The molecule has 0 spiro atoms. The van der Waals surface area contributed by atoms with Crippen molar-refractivity contribution in [2.45, 2.75) is 13.8 Å². The molecule has 2 heterocycles. The first-order valence-electron chi connectivity index (χ1n) is 8.47.